The van der Waals surface area contributed by atoms with Gasteiger partial charge in [0.1, 0.15) is 11.5 Å². The van der Waals surface area contributed by atoms with E-state index in [1.54, 1.807) is 48.7 Å². The third-order valence-corrected chi connectivity index (χ3v) is 4.97. The highest BCUT2D eigenvalue weighted by atomic mass is 35.5. The second-order valence-corrected chi connectivity index (χ2v) is 7.51. The Labute approximate surface area is 188 Å². The van der Waals surface area contributed by atoms with Crippen LogP contribution >= 0.6 is 11.6 Å². The first-order valence-corrected chi connectivity index (χ1v) is 10.9. The van der Waals surface area contributed by atoms with E-state index in [1.807, 2.05) is 30.3 Å². The molecule has 0 saturated heterocycles. The number of halogens is 1. The molecule has 3 aromatic rings. The van der Waals surface area contributed by atoms with Gasteiger partial charge >= 0.3 is 5.97 Å². The molecule has 5 heteroatoms. The van der Waals surface area contributed by atoms with E-state index in [0.717, 1.165) is 17.7 Å². The summed E-state index contributed by atoms with van der Waals surface area (Å²) < 4.78 is 11.2. The zero-order chi connectivity index (χ0) is 21.9. The topological polar surface area (TPSA) is 47.9 Å². The van der Waals surface area contributed by atoms with Crippen molar-refractivity contribution in [2.45, 2.75) is 32.6 Å². The van der Waals surface area contributed by atoms with Gasteiger partial charge in [-0.3, -0.25) is 4.99 Å². The predicted molar refractivity (Wildman–Crippen MR) is 126 cm³/mol. The molecule has 4 nitrogen and oxygen atoms in total. The maximum Gasteiger partial charge on any atom is 0.343 e. The van der Waals surface area contributed by atoms with Crippen molar-refractivity contribution in [3.63, 3.8) is 0 Å². The molecule has 0 amide bonds. The summed E-state index contributed by atoms with van der Waals surface area (Å²) in [5, 5.41) is 0.595. The van der Waals surface area contributed by atoms with Gasteiger partial charge in [-0.2, -0.15) is 0 Å². The Morgan fingerprint density at radius 1 is 0.903 bits per heavy atom. The fourth-order valence-corrected chi connectivity index (χ4v) is 3.08. The molecule has 0 saturated carbocycles. The third-order valence-electron chi connectivity index (χ3n) is 4.65. The molecular formula is C26H26ClNO3. The molecule has 0 fully saturated rings. The predicted octanol–water partition coefficient (Wildman–Crippen LogP) is 7.27. The number of rotatable bonds is 10. The minimum atomic E-state index is -0.410. The average molecular weight is 436 g/mol. The maximum absolute atomic E-state index is 12.4. The summed E-state index contributed by atoms with van der Waals surface area (Å²) in [6, 6.07) is 21.5. The number of ether oxygens (including phenoxy) is 2. The lowest BCUT2D eigenvalue weighted by Gasteiger charge is -2.08. The molecule has 0 heterocycles. The van der Waals surface area contributed by atoms with Gasteiger partial charge in [0, 0.05) is 6.21 Å². The fourth-order valence-electron chi connectivity index (χ4n) is 2.89. The lowest BCUT2D eigenvalue weighted by molar-refractivity contribution is 0.0734. The van der Waals surface area contributed by atoms with Crippen molar-refractivity contribution in [3.05, 3.63) is 88.9 Å². The molecule has 0 N–H and O–H groups in total. The van der Waals surface area contributed by atoms with Crippen molar-refractivity contribution < 1.29 is 14.3 Å². The number of esters is 1. The molecule has 0 bridgehead atoms. The number of hydrogen-bond acceptors (Lipinski definition) is 4. The molecule has 31 heavy (non-hydrogen) atoms. The standard InChI is InChI=1S/C26H26ClNO3/c1-2-3-4-7-18-30-22-16-12-21(13-17-22)26(29)31-23-14-10-20(11-15-23)19-28-25-9-6-5-8-24(25)27/h5-6,8-17,19H,2-4,7,18H2,1H3. The van der Waals surface area contributed by atoms with E-state index in [-0.39, 0.29) is 0 Å². The van der Waals surface area contributed by atoms with E-state index in [0.29, 0.717) is 28.6 Å². The number of benzene rings is 3. The number of unbranched alkanes of at least 4 members (excludes halogenated alkanes) is 3. The van der Waals surface area contributed by atoms with Crippen LogP contribution in [0.5, 0.6) is 11.5 Å². The van der Waals surface area contributed by atoms with Gasteiger partial charge in [-0.05, 0) is 72.6 Å². The highest BCUT2D eigenvalue weighted by Crippen LogP contribution is 2.23. The van der Waals surface area contributed by atoms with Crippen molar-refractivity contribution in [3.8, 4) is 11.5 Å². The van der Waals surface area contributed by atoms with Crippen molar-refractivity contribution >= 4 is 29.5 Å². The van der Waals surface area contributed by atoms with Crippen LogP contribution in [0.4, 0.5) is 5.69 Å². The highest BCUT2D eigenvalue weighted by Gasteiger charge is 2.09. The van der Waals surface area contributed by atoms with E-state index in [2.05, 4.69) is 11.9 Å². The molecular weight excluding hydrogens is 410 g/mol. The number of carbonyl (C=O) groups excluding carboxylic acids is 1. The van der Waals surface area contributed by atoms with Gasteiger partial charge < -0.3 is 9.47 Å². The second-order valence-electron chi connectivity index (χ2n) is 7.10. The summed E-state index contributed by atoms with van der Waals surface area (Å²) in [6.45, 7) is 2.87. The molecule has 0 aromatic heterocycles. The van der Waals surface area contributed by atoms with Gasteiger partial charge in [0.05, 0.1) is 22.9 Å². The Morgan fingerprint density at radius 3 is 2.32 bits per heavy atom. The molecule has 0 radical (unpaired) electrons. The van der Waals surface area contributed by atoms with Gasteiger partial charge in [-0.15, -0.1) is 0 Å². The largest absolute Gasteiger partial charge is 0.494 e. The van der Waals surface area contributed by atoms with Crippen LogP contribution in [0.15, 0.2) is 77.8 Å². The molecule has 0 spiro atoms. The zero-order valence-corrected chi connectivity index (χ0v) is 18.3. The quantitative estimate of drug-likeness (QED) is 0.145. The van der Waals surface area contributed by atoms with Gasteiger partial charge in [-0.1, -0.05) is 49.9 Å². The molecule has 0 aliphatic carbocycles. The van der Waals surface area contributed by atoms with Crippen LogP contribution in [0, 0.1) is 0 Å². The number of carbonyl (C=O) groups is 1. The van der Waals surface area contributed by atoms with Crippen LogP contribution in [-0.2, 0) is 0 Å². The summed E-state index contributed by atoms with van der Waals surface area (Å²) in [6.07, 6.45) is 6.36. The van der Waals surface area contributed by atoms with Crippen LogP contribution in [0.2, 0.25) is 5.02 Å². The van der Waals surface area contributed by atoms with E-state index in [1.165, 1.54) is 19.3 Å². The van der Waals surface area contributed by atoms with E-state index in [4.69, 9.17) is 21.1 Å². The molecule has 160 valence electrons. The number of hydrogen-bond donors (Lipinski definition) is 0. The third kappa shape index (κ3) is 7.26. The van der Waals surface area contributed by atoms with Crippen molar-refractivity contribution in [1.29, 1.82) is 0 Å². The summed E-state index contributed by atoms with van der Waals surface area (Å²) in [7, 11) is 0. The first kappa shape index (κ1) is 22.6. The Morgan fingerprint density at radius 2 is 1.61 bits per heavy atom. The van der Waals surface area contributed by atoms with Gasteiger partial charge in [0.25, 0.3) is 0 Å². The van der Waals surface area contributed by atoms with Crippen LogP contribution in [-0.4, -0.2) is 18.8 Å². The van der Waals surface area contributed by atoms with Gasteiger partial charge in [-0.25, -0.2) is 4.79 Å². The Hall–Kier alpha value is -3.11. The van der Waals surface area contributed by atoms with E-state index < -0.39 is 5.97 Å². The Balaban J connectivity index is 1.51. The van der Waals surface area contributed by atoms with Crippen LogP contribution < -0.4 is 9.47 Å². The minimum Gasteiger partial charge on any atom is -0.494 e. The van der Waals surface area contributed by atoms with Gasteiger partial charge in [0.2, 0.25) is 0 Å². The van der Waals surface area contributed by atoms with Crippen LogP contribution in [0.3, 0.4) is 0 Å². The van der Waals surface area contributed by atoms with Crippen LogP contribution in [0.1, 0.15) is 48.5 Å². The summed E-state index contributed by atoms with van der Waals surface area (Å²) in [5.74, 6) is 0.818. The van der Waals surface area contributed by atoms with Gasteiger partial charge in [0.15, 0.2) is 0 Å². The summed E-state index contributed by atoms with van der Waals surface area (Å²) in [4.78, 5) is 16.8. The second kappa shape index (κ2) is 11.9. The van der Waals surface area contributed by atoms with Crippen molar-refractivity contribution in [2.24, 2.45) is 4.99 Å². The highest BCUT2D eigenvalue weighted by molar-refractivity contribution is 6.33. The molecule has 0 aliphatic rings. The Bertz CT molecular complexity index is 998. The van der Waals surface area contributed by atoms with E-state index in [9.17, 15) is 4.79 Å². The number of nitrogens with zero attached hydrogens (tertiary/aromatic N) is 1. The normalized spacial score (nSPS) is 10.9. The lowest BCUT2D eigenvalue weighted by atomic mass is 10.2. The molecule has 0 atom stereocenters. The minimum absolute atomic E-state index is 0.410. The summed E-state index contributed by atoms with van der Waals surface area (Å²) >= 11 is 6.10. The van der Waals surface area contributed by atoms with E-state index >= 15 is 0 Å². The molecule has 0 aliphatic heterocycles. The molecule has 0 unspecified atom stereocenters. The fraction of sp³-hybridized carbons (Fsp3) is 0.231. The first-order valence-electron chi connectivity index (χ1n) is 10.5. The molecule has 3 rings (SSSR count). The van der Waals surface area contributed by atoms with Crippen molar-refractivity contribution in [2.75, 3.05) is 6.61 Å². The number of aliphatic imine (C=N–C) groups is 1. The Kier molecular flexibility index (Phi) is 8.68. The first-order chi connectivity index (χ1) is 15.2. The number of para-hydroxylation sites is 1. The summed E-state index contributed by atoms with van der Waals surface area (Å²) in [5.41, 5.74) is 2.05. The molecule has 3 aromatic carbocycles. The van der Waals surface area contributed by atoms with Crippen LogP contribution in [0.25, 0.3) is 0 Å². The average Bonchev–Trinajstić information content (AvgIpc) is 2.80. The SMILES string of the molecule is CCCCCCOc1ccc(C(=O)Oc2ccc(C=Nc3ccccc3Cl)cc2)cc1. The smallest absolute Gasteiger partial charge is 0.343 e. The zero-order valence-electron chi connectivity index (χ0n) is 17.6. The lowest BCUT2D eigenvalue weighted by Crippen LogP contribution is -2.08. The monoisotopic (exact) mass is 435 g/mol. The van der Waals surface area contributed by atoms with Crippen molar-refractivity contribution in [1.82, 2.24) is 0 Å². The maximum atomic E-state index is 12.4.